The molecule has 0 spiro atoms. The molecule has 0 aliphatic carbocycles. The summed E-state index contributed by atoms with van der Waals surface area (Å²) >= 11 is 0. The standard InChI is InChI=1S/C19H20N2O5/c1-25-16-9-13-7-8-21(11-14(13)10-17(16)26-2)19(24)20-15-5-3-12(4-6-15)18(22)23/h3-6,9-10H,7-8,11H2,1-2H3,(H,20,24)(H,22,23). The van der Waals surface area contributed by atoms with Crippen molar-refractivity contribution < 1.29 is 24.2 Å². The van der Waals surface area contributed by atoms with E-state index in [0.717, 1.165) is 17.5 Å². The quantitative estimate of drug-likeness (QED) is 0.879. The van der Waals surface area contributed by atoms with Crippen molar-refractivity contribution in [2.75, 3.05) is 26.1 Å². The number of anilines is 1. The predicted molar refractivity (Wildman–Crippen MR) is 96.1 cm³/mol. The van der Waals surface area contributed by atoms with Gasteiger partial charge in [-0.2, -0.15) is 0 Å². The molecule has 3 rings (SSSR count). The number of carbonyl (C=O) groups excluding carboxylic acids is 1. The van der Waals surface area contributed by atoms with Gasteiger partial charge in [0, 0.05) is 18.8 Å². The van der Waals surface area contributed by atoms with Crippen LogP contribution < -0.4 is 14.8 Å². The maximum absolute atomic E-state index is 12.5. The third-order valence-corrected chi connectivity index (χ3v) is 4.39. The molecule has 0 bridgehead atoms. The van der Waals surface area contributed by atoms with Crippen molar-refractivity contribution in [1.82, 2.24) is 4.90 Å². The van der Waals surface area contributed by atoms with Crippen LogP contribution in [0.5, 0.6) is 11.5 Å². The number of hydrogen-bond donors (Lipinski definition) is 2. The zero-order chi connectivity index (χ0) is 18.7. The summed E-state index contributed by atoms with van der Waals surface area (Å²) in [5.41, 5.74) is 2.89. The Morgan fingerprint density at radius 2 is 1.65 bits per heavy atom. The zero-order valence-corrected chi connectivity index (χ0v) is 14.6. The molecule has 0 unspecified atom stereocenters. The zero-order valence-electron chi connectivity index (χ0n) is 14.6. The average molecular weight is 356 g/mol. The number of methoxy groups -OCH3 is 2. The molecule has 2 aromatic rings. The van der Waals surface area contributed by atoms with Gasteiger partial charge in [0.2, 0.25) is 0 Å². The Balaban J connectivity index is 1.71. The molecule has 1 heterocycles. The molecule has 0 saturated heterocycles. The first-order valence-corrected chi connectivity index (χ1v) is 8.15. The Hall–Kier alpha value is -3.22. The molecule has 7 nitrogen and oxygen atoms in total. The van der Waals surface area contributed by atoms with Crippen LogP contribution in [-0.2, 0) is 13.0 Å². The summed E-state index contributed by atoms with van der Waals surface area (Å²) in [5, 5.41) is 11.7. The fraction of sp³-hybridized carbons (Fsp3) is 0.263. The third kappa shape index (κ3) is 3.56. The summed E-state index contributed by atoms with van der Waals surface area (Å²) in [6, 6.07) is 9.69. The van der Waals surface area contributed by atoms with Crippen molar-refractivity contribution in [2.24, 2.45) is 0 Å². The molecular weight excluding hydrogens is 336 g/mol. The van der Waals surface area contributed by atoms with Crippen LogP contribution in [0.15, 0.2) is 36.4 Å². The highest BCUT2D eigenvalue weighted by Gasteiger charge is 2.23. The van der Waals surface area contributed by atoms with Crippen LogP contribution in [0.4, 0.5) is 10.5 Å². The number of aromatic carboxylic acids is 1. The number of carboxylic acids is 1. The molecule has 0 aromatic heterocycles. The largest absolute Gasteiger partial charge is 0.493 e. The third-order valence-electron chi connectivity index (χ3n) is 4.39. The van der Waals surface area contributed by atoms with Gasteiger partial charge in [-0.3, -0.25) is 0 Å². The van der Waals surface area contributed by atoms with Crippen molar-refractivity contribution in [3.05, 3.63) is 53.1 Å². The molecule has 7 heteroatoms. The number of ether oxygens (including phenoxy) is 2. The van der Waals surface area contributed by atoms with Crippen LogP contribution >= 0.6 is 0 Å². The van der Waals surface area contributed by atoms with E-state index < -0.39 is 5.97 Å². The first-order valence-electron chi connectivity index (χ1n) is 8.15. The van der Waals surface area contributed by atoms with E-state index in [0.29, 0.717) is 30.3 Å². The summed E-state index contributed by atoms with van der Waals surface area (Å²) in [7, 11) is 3.18. The maximum Gasteiger partial charge on any atom is 0.335 e. The van der Waals surface area contributed by atoms with Gasteiger partial charge < -0.3 is 24.8 Å². The van der Waals surface area contributed by atoms with Gasteiger partial charge >= 0.3 is 12.0 Å². The number of carbonyl (C=O) groups is 2. The van der Waals surface area contributed by atoms with Gasteiger partial charge in [0.15, 0.2) is 11.5 Å². The van der Waals surface area contributed by atoms with Crippen molar-refractivity contribution >= 4 is 17.7 Å². The molecule has 136 valence electrons. The molecule has 0 radical (unpaired) electrons. The number of fused-ring (bicyclic) bond motifs is 1. The Labute approximate surface area is 151 Å². The van der Waals surface area contributed by atoms with Crippen LogP contribution in [0.25, 0.3) is 0 Å². The summed E-state index contributed by atoms with van der Waals surface area (Å²) in [5.74, 6) is 0.320. The minimum atomic E-state index is -1.00. The van der Waals surface area contributed by atoms with E-state index in [1.807, 2.05) is 12.1 Å². The molecule has 0 saturated carbocycles. The van der Waals surface area contributed by atoms with Gasteiger partial charge in [0.1, 0.15) is 0 Å². The fourth-order valence-electron chi connectivity index (χ4n) is 2.96. The lowest BCUT2D eigenvalue weighted by molar-refractivity contribution is 0.0697. The maximum atomic E-state index is 12.5. The summed E-state index contributed by atoms with van der Waals surface area (Å²) in [6.07, 6.45) is 0.723. The minimum Gasteiger partial charge on any atom is -0.493 e. The van der Waals surface area contributed by atoms with E-state index in [4.69, 9.17) is 14.6 Å². The first kappa shape index (κ1) is 17.6. The van der Waals surface area contributed by atoms with Crippen LogP contribution in [0, 0.1) is 0 Å². The molecule has 2 N–H and O–H groups in total. The number of hydrogen-bond acceptors (Lipinski definition) is 4. The van der Waals surface area contributed by atoms with E-state index >= 15 is 0 Å². The van der Waals surface area contributed by atoms with Gasteiger partial charge in [-0.1, -0.05) is 0 Å². The van der Waals surface area contributed by atoms with Crippen LogP contribution in [0.1, 0.15) is 21.5 Å². The fourth-order valence-corrected chi connectivity index (χ4v) is 2.96. The van der Waals surface area contributed by atoms with Crippen molar-refractivity contribution in [3.63, 3.8) is 0 Å². The van der Waals surface area contributed by atoms with Gasteiger partial charge in [0.25, 0.3) is 0 Å². The number of urea groups is 1. The highest BCUT2D eigenvalue weighted by Crippen LogP contribution is 2.33. The van der Waals surface area contributed by atoms with E-state index in [1.54, 1.807) is 31.3 Å². The van der Waals surface area contributed by atoms with Crippen LogP contribution in [-0.4, -0.2) is 42.8 Å². The Morgan fingerprint density at radius 3 is 2.23 bits per heavy atom. The Morgan fingerprint density at radius 1 is 1.04 bits per heavy atom. The highest BCUT2D eigenvalue weighted by molar-refractivity contribution is 5.91. The Kier molecular flexibility index (Phi) is 4.97. The predicted octanol–water partition coefficient (Wildman–Crippen LogP) is 2.99. The normalized spacial score (nSPS) is 12.9. The first-order chi connectivity index (χ1) is 12.5. The van der Waals surface area contributed by atoms with Crippen molar-refractivity contribution in [2.45, 2.75) is 13.0 Å². The van der Waals surface area contributed by atoms with Crippen molar-refractivity contribution in [1.29, 1.82) is 0 Å². The second-order valence-corrected chi connectivity index (χ2v) is 5.96. The lowest BCUT2D eigenvalue weighted by Gasteiger charge is -2.29. The lowest BCUT2D eigenvalue weighted by Crippen LogP contribution is -2.38. The van der Waals surface area contributed by atoms with Crippen LogP contribution in [0.3, 0.4) is 0 Å². The van der Waals surface area contributed by atoms with Gasteiger partial charge in [-0.25, -0.2) is 9.59 Å². The van der Waals surface area contributed by atoms with E-state index in [2.05, 4.69) is 5.32 Å². The number of benzene rings is 2. The molecule has 0 fully saturated rings. The number of amides is 2. The highest BCUT2D eigenvalue weighted by atomic mass is 16.5. The molecule has 0 atom stereocenters. The van der Waals surface area contributed by atoms with Gasteiger partial charge in [0.05, 0.1) is 19.8 Å². The number of rotatable bonds is 4. The SMILES string of the molecule is COc1cc2c(cc1OC)CN(C(=O)Nc1ccc(C(=O)O)cc1)CC2. The molecule has 1 aliphatic heterocycles. The lowest BCUT2D eigenvalue weighted by atomic mass is 9.99. The molecule has 2 aromatic carbocycles. The molecular formula is C19H20N2O5. The summed E-state index contributed by atoms with van der Waals surface area (Å²) < 4.78 is 10.7. The second kappa shape index (κ2) is 7.35. The minimum absolute atomic E-state index is 0.177. The number of carboxylic acid groups (broad SMARTS) is 1. The van der Waals surface area contributed by atoms with Crippen LogP contribution in [0.2, 0.25) is 0 Å². The van der Waals surface area contributed by atoms with Gasteiger partial charge in [-0.15, -0.1) is 0 Å². The molecule has 26 heavy (non-hydrogen) atoms. The second-order valence-electron chi connectivity index (χ2n) is 5.96. The van der Waals surface area contributed by atoms with E-state index in [1.165, 1.54) is 12.1 Å². The Bertz CT molecular complexity index is 833. The number of nitrogens with one attached hydrogen (secondary N) is 1. The monoisotopic (exact) mass is 356 g/mol. The summed E-state index contributed by atoms with van der Waals surface area (Å²) in [6.45, 7) is 1.05. The molecule has 2 amide bonds. The topological polar surface area (TPSA) is 88.1 Å². The number of nitrogens with zero attached hydrogens (tertiary/aromatic N) is 1. The van der Waals surface area contributed by atoms with Gasteiger partial charge in [-0.05, 0) is 53.9 Å². The average Bonchev–Trinajstić information content (AvgIpc) is 2.66. The van der Waals surface area contributed by atoms with E-state index in [-0.39, 0.29) is 11.6 Å². The molecule has 1 aliphatic rings. The van der Waals surface area contributed by atoms with Crippen molar-refractivity contribution in [3.8, 4) is 11.5 Å². The van der Waals surface area contributed by atoms with E-state index in [9.17, 15) is 9.59 Å². The summed E-state index contributed by atoms with van der Waals surface area (Å²) in [4.78, 5) is 25.1. The smallest absolute Gasteiger partial charge is 0.335 e.